The second kappa shape index (κ2) is 8.43. The summed E-state index contributed by atoms with van der Waals surface area (Å²) in [6, 6.07) is 7.25. The number of halogens is 2. The zero-order valence-corrected chi connectivity index (χ0v) is 15.7. The van der Waals surface area contributed by atoms with Crippen LogP contribution >= 0.6 is 11.6 Å². The van der Waals surface area contributed by atoms with E-state index >= 15 is 0 Å². The Balaban J connectivity index is 1.53. The van der Waals surface area contributed by atoms with E-state index in [0.717, 1.165) is 6.07 Å². The van der Waals surface area contributed by atoms with Crippen LogP contribution in [0.3, 0.4) is 0 Å². The summed E-state index contributed by atoms with van der Waals surface area (Å²) in [6.07, 6.45) is 0.349. The molecule has 0 aliphatic carbocycles. The van der Waals surface area contributed by atoms with Crippen molar-refractivity contribution in [3.8, 4) is 0 Å². The third-order valence-electron chi connectivity index (χ3n) is 4.33. The molecule has 1 aromatic carbocycles. The predicted octanol–water partition coefficient (Wildman–Crippen LogP) is 2.99. The van der Waals surface area contributed by atoms with Gasteiger partial charge in [-0.25, -0.2) is 4.39 Å². The minimum atomic E-state index is -1.16. The molecule has 0 unspecified atom stereocenters. The van der Waals surface area contributed by atoms with Crippen LogP contribution in [0, 0.1) is 11.7 Å². The summed E-state index contributed by atoms with van der Waals surface area (Å²) in [5, 5.41) is 2.54. The number of benzene rings is 1. The van der Waals surface area contributed by atoms with E-state index in [2.05, 4.69) is 5.32 Å². The van der Waals surface area contributed by atoms with E-state index in [1.165, 1.54) is 30.2 Å². The number of ether oxygens (including phenoxy) is 1. The van der Waals surface area contributed by atoms with Crippen molar-refractivity contribution in [2.24, 2.45) is 5.92 Å². The molecule has 1 aliphatic heterocycles. The van der Waals surface area contributed by atoms with Gasteiger partial charge < -0.3 is 19.4 Å². The number of anilines is 1. The Bertz CT molecular complexity index is 886. The molecule has 0 spiro atoms. The van der Waals surface area contributed by atoms with Crippen molar-refractivity contribution < 1.29 is 27.9 Å². The molecule has 1 N–H and O–H groups in total. The summed E-state index contributed by atoms with van der Waals surface area (Å²) in [6.45, 7) is 1.82. The fraction of sp³-hybridized carbons (Fsp3) is 0.316. The highest BCUT2D eigenvalue weighted by Gasteiger charge is 2.37. The van der Waals surface area contributed by atoms with Gasteiger partial charge in [-0.3, -0.25) is 14.4 Å². The molecule has 0 bridgehead atoms. The molecule has 1 aromatic heterocycles. The number of carbonyl (C=O) groups is 3. The topological polar surface area (TPSA) is 88.9 Å². The molecule has 2 atom stereocenters. The van der Waals surface area contributed by atoms with E-state index in [1.54, 1.807) is 12.1 Å². The molecule has 0 saturated carbocycles. The van der Waals surface area contributed by atoms with Crippen molar-refractivity contribution in [1.29, 1.82) is 0 Å². The standard InChI is InChI=1S/C19H18ClFN2O5/c1-11(18(25)22-16-5-4-13(20)8-15(16)21)28-19(26)12-7-17(24)23(9-12)10-14-3-2-6-27-14/h2-6,8,11-12H,7,9-10H2,1H3,(H,22,25)/t11-,12-/m0/s1. The smallest absolute Gasteiger partial charge is 0.312 e. The SMILES string of the molecule is C[C@H](OC(=O)[C@H]1CC(=O)N(Cc2ccco2)C1)C(=O)Nc1ccc(Cl)cc1F. The summed E-state index contributed by atoms with van der Waals surface area (Å²) in [5.74, 6) is -2.31. The second-order valence-corrected chi connectivity index (χ2v) is 6.88. The Morgan fingerprint density at radius 3 is 2.89 bits per heavy atom. The molecule has 0 radical (unpaired) electrons. The highest BCUT2D eigenvalue weighted by atomic mass is 35.5. The van der Waals surface area contributed by atoms with Gasteiger partial charge in [0.2, 0.25) is 5.91 Å². The van der Waals surface area contributed by atoms with Crippen LogP contribution in [0.25, 0.3) is 0 Å². The van der Waals surface area contributed by atoms with Crippen molar-refractivity contribution >= 4 is 35.1 Å². The highest BCUT2D eigenvalue weighted by molar-refractivity contribution is 6.30. The number of hydrogen-bond acceptors (Lipinski definition) is 5. The summed E-state index contributed by atoms with van der Waals surface area (Å²) in [7, 11) is 0. The summed E-state index contributed by atoms with van der Waals surface area (Å²) in [5.41, 5.74) is -0.0713. The van der Waals surface area contributed by atoms with Crippen LogP contribution in [-0.4, -0.2) is 35.3 Å². The average Bonchev–Trinajstić information content (AvgIpc) is 3.28. The summed E-state index contributed by atoms with van der Waals surface area (Å²) >= 11 is 5.67. The lowest BCUT2D eigenvalue weighted by molar-refractivity contribution is -0.157. The monoisotopic (exact) mass is 408 g/mol. The molecule has 2 aromatic rings. The molecule has 2 heterocycles. The van der Waals surface area contributed by atoms with E-state index in [9.17, 15) is 18.8 Å². The van der Waals surface area contributed by atoms with Crippen LogP contribution in [0.15, 0.2) is 41.0 Å². The van der Waals surface area contributed by atoms with Crippen LogP contribution in [0.5, 0.6) is 0 Å². The molecule has 2 amide bonds. The van der Waals surface area contributed by atoms with Crippen LogP contribution in [0.2, 0.25) is 5.02 Å². The minimum absolute atomic E-state index is 0.000304. The van der Waals surface area contributed by atoms with Gasteiger partial charge in [-0.15, -0.1) is 0 Å². The van der Waals surface area contributed by atoms with Gasteiger partial charge in [0.15, 0.2) is 6.10 Å². The summed E-state index contributed by atoms with van der Waals surface area (Å²) in [4.78, 5) is 38.1. The molecule has 1 fully saturated rings. The molecule has 7 nitrogen and oxygen atoms in total. The number of carbonyl (C=O) groups excluding carboxylic acids is 3. The second-order valence-electron chi connectivity index (χ2n) is 6.45. The van der Waals surface area contributed by atoms with Gasteiger partial charge in [0, 0.05) is 18.0 Å². The Morgan fingerprint density at radius 1 is 1.43 bits per heavy atom. The summed E-state index contributed by atoms with van der Waals surface area (Å²) < 4.78 is 24.1. The van der Waals surface area contributed by atoms with Gasteiger partial charge in [0.1, 0.15) is 11.6 Å². The van der Waals surface area contributed by atoms with Crippen LogP contribution < -0.4 is 5.32 Å². The first kappa shape index (κ1) is 19.9. The molecular formula is C19H18ClFN2O5. The highest BCUT2D eigenvalue weighted by Crippen LogP contribution is 2.23. The van der Waals surface area contributed by atoms with Crippen molar-refractivity contribution in [1.82, 2.24) is 4.90 Å². The zero-order valence-electron chi connectivity index (χ0n) is 15.0. The lowest BCUT2D eigenvalue weighted by atomic mass is 10.1. The maximum atomic E-state index is 13.8. The first-order valence-electron chi connectivity index (χ1n) is 8.60. The molecule has 1 saturated heterocycles. The van der Waals surface area contributed by atoms with Gasteiger partial charge in [0.25, 0.3) is 5.91 Å². The minimum Gasteiger partial charge on any atom is -0.467 e. The number of hydrogen-bond donors (Lipinski definition) is 1. The third-order valence-corrected chi connectivity index (χ3v) is 4.56. The van der Waals surface area contributed by atoms with E-state index in [4.69, 9.17) is 20.8 Å². The molecule has 3 rings (SSSR count). The largest absolute Gasteiger partial charge is 0.467 e. The number of nitrogens with one attached hydrogen (secondary N) is 1. The van der Waals surface area contributed by atoms with Crippen molar-refractivity contribution in [2.45, 2.75) is 26.0 Å². The molecule has 28 heavy (non-hydrogen) atoms. The first-order chi connectivity index (χ1) is 13.3. The van der Waals surface area contributed by atoms with Crippen LogP contribution in [-0.2, 0) is 25.7 Å². The van der Waals surface area contributed by atoms with Gasteiger partial charge in [-0.05, 0) is 37.3 Å². The number of furan rings is 1. The maximum absolute atomic E-state index is 13.8. The number of nitrogens with zero attached hydrogens (tertiary/aromatic N) is 1. The molecular weight excluding hydrogens is 391 g/mol. The van der Waals surface area contributed by atoms with Crippen molar-refractivity contribution in [2.75, 3.05) is 11.9 Å². The van der Waals surface area contributed by atoms with Crippen LogP contribution in [0.4, 0.5) is 10.1 Å². The average molecular weight is 409 g/mol. The predicted molar refractivity (Wildman–Crippen MR) is 97.8 cm³/mol. The Hall–Kier alpha value is -2.87. The lowest BCUT2D eigenvalue weighted by Crippen LogP contribution is -2.33. The molecule has 148 valence electrons. The molecule has 9 heteroatoms. The number of esters is 1. The fourth-order valence-corrected chi connectivity index (χ4v) is 2.98. The Labute approximate surface area is 165 Å². The number of rotatable bonds is 6. The van der Waals surface area contributed by atoms with Crippen molar-refractivity contribution in [3.63, 3.8) is 0 Å². The van der Waals surface area contributed by atoms with Gasteiger partial charge in [0.05, 0.1) is 24.4 Å². The fourth-order valence-electron chi connectivity index (χ4n) is 2.82. The van der Waals surface area contributed by atoms with E-state index < -0.39 is 29.7 Å². The molecule has 1 aliphatic rings. The lowest BCUT2D eigenvalue weighted by Gasteiger charge is -2.17. The van der Waals surface area contributed by atoms with Gasteiger partial charge in [-0.2, -0.15) is 0 Å². The Kier molecular flexibility index (Phi) is 5.99. The normalized spacial score (nSPS) is 17.5. The van der Waals surface area contributed by atoms with Gasteiger partial charge in [-0.1, -0.05) is 11.6 Å². The zero-order chi connectivity index (χ0) is 20.3. The van der Waals surface area contributed by atoms with E-state index in [-0.39, 0.29) is 36.1 Å². The van der Waals surface area contributed by atoms with E-state index in [1.807, 2.05) is 0 Å². The maximum Gasteiger partial charge on any atom is 0.312 e. The third kappa shape index (κ3) is 4.69. The van der Waals surface area contributed by atoms with Crippen LogP contribution in [0.1, 0.15) is 19.1 Å². The van der Waals surface area contributed by atoms with Gasteiger partial charge >= 0.3 is 5.97 Å². The number of amides is 2. The first-order valence-corrected chi connectivity index (χ1v) is 8.98. The quantitative estimate of drug-likeness (QED) is 0.742. The number of likely N-dealkylation sites (tertiary alicyclic amines) is 1. The van der Waals surface area contributed by atoms with Crippen molar-refractivity contribution in [3.05, 3.63) is 53.2 Å². The Morgan fingerprint density at radius 2 is 2.21 bits per heavy atom. The van der Waals surface area contributed by atoms with E-state index in [0.29, 0.717) is 5.76 Å².